The van der Waals surface area contributed by atoms with Crippen LogP contribution in [0, 0.1) is 6.92 Å². The van der Waals surface area contributed by atoms with Gasteiger partial charge in [-0.05, 0) is 25.0 Å². The zero-order chi connectivity index (χ0) is 17.8. The molecular formula is C18H19N3O2S2. The summed E-state index contributed by atoms with van der Waals surface area (Å²) in [5, 5.41) is 4.11. The molecule has 1 aromatic carbocycles. The van der Waals surface area contributed by atoms with Gasteiger partial charge in [0, 0.05) is 18.5 Å². The Morgan fingerprint density at radius 3 is 2.84 bits per heavy atom. The van der Waals surface area contributed by atoms with Crippen molar-refractivity contribution in [2.45, 2.75) is 18.5 Å². The number of carbonyl (C=O) groups excluding carboxylic acids is 1. The summed E-state index contributed by atoms with van der Waals surface area (Å²) in [5.74, 6) is 0.183. The first kappa shape index (κ1) is 17.7. The highest BCUT2D eigenvalue weighted by atomic mass is 32.2. The number of hydrogen-bond acceptors (Lipinski definition) is 5. The number of amides is 1. The van der Waals surface area contributed by atoms with Crippen molar-refractivity contribution >= 4 is 39.2 Å². The predicted octanol–water partition coefficient (Wildman–Crippen LogP) is 2.75. The van der Waals surface area contributed by atoms with Crippen molar-refractivity contribution in [2.24, 2.45) is 7.05 Å². The normalized spacial score (nSPS) is 11.0. The molecule has 0 aliphatic carbocycles. The first-order valence-electron chi connectivity index (χ1n) is 7.95. The highest BCUT2D eigenvalue weighted by molar-refractivity contribution is 7.99. The molecular weight excluding hydrogens is 354 g/mol. The molecule has 3 rings (SSSR count). The standard InChI is InChI=1S/C18H19N3O2S2/c1-12-10-14-16(25-12)20-18(21(2)17(14)23)24-11-15(22)19-9-8-13-6-4-3-5-7-13/h3-7,10H,8-9,11H2,1-2H3,(H,19,22). The van der Waals surface area contributed by atoms with Crippen LogP contribution in [-0.4, -0.2) is 27.8 Å². The van der Waals surface area contributed by atoms with Gasteiger partial charge in [0.2, 0.25) is 5.91 Å². The van der Waals surface area contributed by atoms with Gasteiger partial charge in [0.25, 0.3) is 5.56 Å². The van der Waals surface area contributed by atoms with Crippen LogP contribution < -0.4 is 10.9 Å². The molecule has 0 bridgehead atoms. The fraction of sp³-hybridized carbons (Fsp3) is 0.278. The number of aromatic nitrogens is 2. The van der Waals surface area contributed by atoms with Gasteiger partial charge in [-0.1, -0.05) is 42.1 Å². The molecule has 0 fully saturated rings. The summed E-state index contributed by atoms with van der Waals surface area (Å²) in [4.78, 5) is 30.7. The molecule has 0 aliphatic rings. The Morgan fingerprint density at radius 1 is 1.32 bits per heavy atom. The second kappa shape index (κ2) is 7.84. The highest BCUT2D eigenvalue weighted by Gasteiger charge is 2.12. The number of carbonyl (C=O) groups is 1. The van der Waals surface area contributed by atoms with E-state index in [1.165, 1.54) is 33.2 Å². The van der Waals surface area contributed by atoms with Crippen LogP contribution in [0.2, 0.25) is 0 Å². The Hall–Kier alpha value is -2.12. The lowest BCUT2D eigenvalue weighted by atomic mass is 10.1. The summed E-state index contributed by atoms with van der Waals surface area (Å²) < 4.78 is 1.51. The number of fused-ring (bicyclic) bond motifs is 1. The van der Waals surface area contributed by atoms with Crippen LogP contribution in [-0.2, 0) is 18.3 Å². The van der Waals surface area contributed by atoms with E-state index in [-0.39, 0.29) is 17.2 Å². The van der Waals surface area contributed by atoms with E-state index in [2.05, 4.69) is 10.3 Å². The van der Waals surface area contributed by atoms with E-state index in [4.69, 9.17) is 0 Å². The molecule has 5 nitrogen and oxygen atoms in total. The molecule has 1 N–H and O–H groups in total. The summed E-state index contributed by atoms with van der Waals surface area (Å²) in [6, 6.07) is 11.9. The Kier molecular flexibility index (Phi) is 5.55. The fourth-order valence-electron chi connectivity index (χ4n) is 2.47. The summed E-state index contributed by atoms with van der Waals surface area (Å²) in [6.45, 7) is 2.55. The molecule has 7 heteroatoms. The zero-order valence-corrected chi connectivity index (χ0v) is 15.7. The van der Waals surface area contributed by atoms with Gasteiger partial charge in [0.05, 0.1) is 11.1 Å². The highest BCUT2D eigenvalue weighted by Crippen LogP contribution is 2.23. The minimum absolute atomic E-state index is 0.0577. The van der Waals surface area contributed by atoms with E-state index in [0.717, 1.165) is 16.1 Å². The average Bonchev–Trinajstić information content (AvgIpc) is 2.98. The van der Waals surface area contributed by atoms with Gasteiger partial charge in [0.1, 0.15) is 4.83 Å². The molecule has 0 saturated carbocycles. The molecule has 2 aromatic heterocycles. The van der Waals surface area contributed by atoms with E-state index < -0.39 is 0 Å². The van der Waals surface area contributed by atoms with Gasteiger partial charge in [0.15, 0.2) is 5.16 Å². The van der Waals surface area contributed by atoms with Gasteiger partial charge < -0.3 is 5.32 Å². The Labute approximate surface area is 154 Å². The minimum Gasteiger partial charge on any atom is -0.355 e. The maximum atomic E-state index is 12.4. The monoisotopic (exact) mass is 373 g/mol. The smallest absolute Gasteiger partial charge is 0.262 e. The van der Waals surface area contributed by atoms with Crippen LogP contribution in [0.25, 0.3) is 10.2 Å². The molecule has 2 heterocycles. The van der Waals surface area contributed by atoms with Crippen molar-refractivity contribution in [3.8, 4) is 0 Å². The molecule has 1 amide bonds. The zero-order valence-electron chi connectivity index (χ0n) is 14.1. The first-order chi connectivity index (χ1) is 12.0. The summed E-state index contributed by atoms with van der Waals surface area (Å²) in [7, 11) is 1.69. The van der Waals surface area contributed by atoms with E-state index in [0.29, 0.717) is 17.1 Å². The third-order valence-corrected chi connectivity index (χ3v) is 5.74. The van der Waals surface area contributed by atoms with Gasteiger partial charge in [-0.15, -0.1) is 11.3 Å². The van der Waals surface area contributed by atoms with Crippen molar-refractivity contribution in [1.82, 2.24) is 14.9 Å². The molecule has 25 heavy (non-hydrogen) atoms. The number of nitrogens with zero attached hydrogens (tertiary/aromatic N) is 2. The van der Waals surface area contributed by atoms with Crippen LogP contribution in [0.3, 0.4) is 0 Å². The van der Waals surface area contributed by atoms with Gasteiger partial charge in [-0.3, -0.25) is 14.2 Å². The van der Waals surface area contributed by atoms with Crippen LogP contribution in [0.4, 0.5) is 0 Å². The van der Waals surface area contributed by atoms with Crippen molar-refractivity contribution in [1.29, 1.82) is 0 Å². The lowest BCUT2D eigenvalue weighted by molar-refractivity contribution is -0.118. The van der Waals surface area contributed by atoms with Crippen LogP contribution in [0.15, 0.2) is 46.3 Å². The number of thiophene rings is 1. The number of benzene rings is 1. The minimum atomic E-state index is -0.0682. The fourth-order valence-corrected chi connectivity index (χ4v) is 4.19. The van der Waals surface area contributed by atoms with Crippen molar-refractivity contribution in [2.75, 3.05) is 12.3 Å². The first-order valence-corrected chi connectivity index (χ1v) is 9.75. The molecule has 3 aromatic rings. The SMILES string of the molecule is Cc1cc2c(=O)n(C)c(SCC(=O)NCCc3ccccc3)nc2s1. The maximum Gasteiger partial charge on any atom is 0.262 e. The quantitative estimate of drug-likeness (QED) is 0.533. The van der Waals surface area contributed by atoms with E-state index in [9.17, 15) is 9.59 Å². The third-order valence-electron chi connectivity index (χ3n) is 3.77. The molecule has 0 atom stereocenters. The summed E-state index contributed by atoms with van der Waals surface area (Å²) in [6.07, 6.45) is 0.800. The lowest BCUT2D eigenvalue weighted by Gasteiger charge is -2.08. The Bertz CT molecular complexity index is 948. The number of thioether (sulfide) groups is 1. The topological polar surface area (TPSA) is 64.0 Å². The molecule has 130 valence electrons. The number of hydrogen-bond donors (Lipinski definition) is 1. The summed E-state index contributed by atoms with van der Waals surface area (Å²) in [5.41, 5.74) is 1.12. The maximum absolute atomic E-state index is 12.4. The Balaban J connectivity index is 1.57. The third kappa shape index (κ3) is 4.29. The van der Waals surface area contributed by atoms with Gasteiger partial charge >= 0.3 is 0 Å². The molecule has 0 saturated heterocycles. The number of nitrogens with one attached hydrogen (secondary N) is 1. The van der Waals surface area contributed by atoms with Crippen molar-refractivity contribution in [3.63, 3.8) is 0 Å². The van der Waals surface area contributed by atoms with Crippen LogP contribution in [0.1, 0.15) is 10.4 Å². The molecule has 0 unspecified atom stereocenters. The van der Waals surface area contributed by atoms with Crippen LogP contribution in [0.5, 0.6) is 0 Å². The summed E-state index contributed by atoms with van der Waals surface area (Å²) >= 11 is 2.78. The van der Waals surface area contributed by atoms with Crippen molar-refractivity contribution in [3.05, 3.63) is 57.2 Å². The number of aryl methyl sites for hydroxylation is 1. The van der Waals surface area contributed by atoms with Crippen LogP contribution >= 0.6 is 23.1 Å². The van der Waals surface area contributed by atoms with Gasteiger partial charge in [-0.2, -0.15) is 0 Å². The average molecular weight is 374 g/mol. The van der Waals surface area contributed by atoms with Gasteiger partial charge in [-0.25, -0.2) is 4.98 Å². The lowest BCUT2D eigenvalue weighted by Crippen LogP contribution is -2.28. The molecule has 0 radical (unpaired) electrons. The molecule has 0 aliphatic heterocycles. The largest absolute Gasteiger partial charge is 0.355 e. The molecule has 0 spiro atoms. The van der Waals surface area contributed by atoms with E-state index in [1.807, 2.05) is 43.3 Å². The Morgan fingerprint density at radius 2 is 2.08 bits per heavy atom. The predicted molar refractivity (Wildman–Crippen MR) is 103 cm³/mol. The number of rotatable bonds is 6. The second-order valence-corrected chi connectivity index (χ2v) is 7.89. The van der Waals surface area contributed by atoms with E-state index >= 15 is 0 Å². The van der Waals surface area contributed by atoms with Crippen molar-refractivity contribution < 1.29 is 4.79 Å². The second-order valence-electron chi connectivity index (χ2n) is 5.71. The van der Waals surface area contributed by atoms with E-state index in [1.54, 1.807) is 7.05 Å².